The average molecular weight is 437 g/mol. The zero-order valence-corrected chi connectivity index (χ0v) is 16.9. The molecule has 3 aromatic carbocycles. The van der Waals surface area contributed by atoms with Crippen molar-refractivity contribution in [3.63, 3.8) is 0 Å². The molecule has 162 valence electrons. The number of hydrogen-bond acceptors (Lipinski definition) is 4. The summed E-state index contributed by atoms with van der Waals surface area (Å²) >= 11 is 0. The third-order valence-electron chi connectivity index (χ3n) is 5.29. The SMILES string of the molecule is CONC(=O)C(c1ccccc1)(c1ccc(C(F)(F)F)cc1)c1ncnc2ccccc12. The first-order valence-corrected chi connectivity index (χ1v) is 9.66. The monoisotopic (exact) mass is 437 g/mol. The van der Waals surface area contributed by atoms with E-state index in [0.29, 0.717) is 27.7 Å². The molecule has 1 N–H and O–H groups in total. The van der Waals surface area contributed by atoms with Crippen LogP contribution in [0.4, 0.5) is 13.2 Å². The quantitative estimate of drug-likeness (QED) is 0.462. The van der Waals surface area contributed by atoms with Crippen LogP contribution in [-0.4, -0.2) is 23.0 Å². The molecule has 0 aliphatic carbocycles. The van der Waals surface area contributed by atoms with E-state index in [9.17, 15) is 18.0 Å². The Labute approximate surface area is 181 Å². The van der Waals surface area contributed by atoms with E-state index in [1.807, 2.05) is 0 Å². The molecule has 1 amide bonds. The summed E-state index contributed by atoms with van der Waals surface area (Å²) in [4.78, 5) is 27.3. The Bertz CT molecular complexity index is 1240. The molecular weight excluding hydrogens is 419 g/mol. The third-order valence-corrected chi connectivity index (χ3v) is 5.29. The van der Waals surface area contributed by atoms with E-state index < -0.39 is 23.1 Å². The van der Waals surface area contributed by atoms with Crippen molar-refractivity contribution in [1.29, 1.82) is 0 Å². The predicted molar refractivity (Wildman–Crippen MR) is 112 cm³/mol. The molecule has 0 radical (unpaired) electrons. The standard InChI is InChI=1S/C24H18F3N3O2/c1-32-30-22(31)23(16-7-3-2-4-8-16,17-11-13-18(14-12-17)24(25,26)27)21-19-9-5-6-10-20(19)28-15-29-21/h2-15H,1H3,(H,30,31). The Kier molecular flexibility index (Phi) is 5.63. The predicted octanol–water partition coefficient (Wildman–Crippen LogP) is 4.66. The molecule has 0 fully saturated rings. The molecule has 1 unspecified atom stereocenters. The highest BCUT2D eigenvalue weighted by molar-refractivity contribution is 5.99. The molecule has 0 saturated heterocycles. The van der Waals surface area contributed by atoms with Gasteiger partial charge in [0.15, 0.2) is 0 Å². The van der Waals surface area contributed by atoms with E-state index >= 15 is 0 Å². The van der Waals surface area contributed by atoms with Gasteiger partial charge in [0, 0.05) is 5.39 Å². The average Bonchev–Trinajstić information content (AvgIpc) is 2.80. The third kappa shape index (κ3) is 3.58. The Morgan fingerprint density at radius 1 is 0.812 bits per heavy atom. The number of aromatic nitrogens is 2. The van der Waals surface area contributed by atoms with Gasteiger partial charge in [-0.2, -0.15) is 13.2 Å². The maximum absolute atomic E-state index is 13.7. The van der Waals surface area contributed by atoms with Crippen molar-refractivity contribution in [2.24, 2.45) is 0 Å². The summed E-state index contributed by atoms with van der Waals surface area (Å²) in [6.45, 7) is 0. The number of fused-ring (bicyclic) bond motifs is 1. The number of halogens is 3. The Morgan fingerprint density at radius 3 is 2.06 bits per heavy atom. The van der Waals surface area contributed by atoms with Crippen molar-refractivity contribution in [2.75, 3.05) is 7.11 Å². The Balaban J connectivity index is 2.10. The molecule has 1 heterocycles. The Morgan fingerprint density at radius 2 is 1.41 bits per heavy atom. The number of hydroxylamine groups is 1. The van der Waals surface area contributed by atoms with Crippen LogP contribution in [0.2, 0.25) is 0 Å². The van der Waals surface area contributed by atoms with Crippen LogP contribution >= 0.6 is 0 Å². The molecular formula is C24H18F3N3O2. The highest BCUT2D eigenvalue weighted by atomic mass is 19.4. The number of nitrogens with one attached hydrogen (secondary N) is 1. The van der Waals surface area contributed by atoms with E-state index in [1.54, 1.807) is 54.6 Å². The number of rotatable bonds is 5. The van der Waals surface area contributed by atoms with Gasteiger partial charge in [0.05, 0.1) is 23.9 Å². The largest absolute Gasteiger partial charge is 0.416 e. The highest BCUT2D eigenvalue weighted by Gasteiger charge is 2.47. The molecule has 0 aliphatic rings. The smallest absolute Gasteiger partial charge is 0.277 e. The second kappa shape index (κ2) is 8.39. The number of nitrogens with zero attached hydrogens (tertiary/aromatic N) is 2. The first-order chi connectivity index (χ1) is 15.4. The summed E-state index contributed by atoms with van der Waals surface area (Å²) < 4.78 is 39.7. The maximum atomic E-state index is 13.7. The second-order valence-electron chi connectivity index (χ2n) is 7.07. The minimum absolute atomic E-state index is 0.301. The van der Waals surface area contributed by atoms with Crippen LogP contribution in [0.5, 0.6) is 0 Å². The molecule has 0 bridgehead atoms. The molecule has 0 spiro atoms. The van der Waals surface area contributed by atoms with Gasteiger partial charge in [0.25, 0.3) is 5.91 Å². The van der Waals surface area contributed by atoms with E-state index in [4.69, 9.17) is 4.84 Å². The lowest BCUT2D eigenvalue weighted by Crippen LogP contribution is -2.46. The fourth-order valence-electron chi connectivity index (χ4n) is 3.88. The summed E-state index contributed by atoms with van der Waals surface area (Å²) in [7, 11) is 1.29. The minimum Gasteiger partial charge on any atom is -0.277 e. The van der Waals surface area contributed by atoms with Crippen LogP contribution in [0.3, 0.4) is 0 Å². The summed E-state index contributed by atoms with van der Waals surface area (Å²) in [5.74, 6) is -0.602. The number of para-hydroxylation sites is 1. The van der Waals surface area contributed by atoms with Gasteiger partial charge in [-0.3, -0.25) is 9.63 Å². The fourth-order valence-corrected chi connectivity index (χ4v) is 3.88. The number of hydrogen-bond donors (Lipinski definition) is 1. The van der Waals surface area contributed by atoms with Gasteiger partial charge < -0.3 is 0 Å². The van der Waals surface area contributed by atoms with Gasteiger partial charge >= 0.3 is 6.18 Å². The van der Waals surface area contributed by atoms with E-state index in [1.165, 1.54) is 25.6 Å². The van der Waals surface area contributed by atoms with Gasteiger partial charge in [0.1, 0.15) is 11.7 Å². The maximum Gasteiger partial charge on any atom is 0.416 e. The number of alkyl halides is 3. The van der Waals surface area contributed by atoms with Gasteiger partial charge in [-0.1, -0.05) is 60.7 Å². The number of amides is 1. The fraction of sp³-hybridized carbons (Fsp3) is 0.125. The molecule has 4 aromatic rings. The number of benzene rings is 3. The van der Waals surface area contributed by atoms with E-state index in [2.05, 4.69) is 15.4 Å². The first kappa shape index (κ1) is 21.5. The first-order valence-electron chi connectivity index (χ1n) is 9.66. The number of carbonyl (C=O) groups is 1. The van der Waals surface area contributed by atoms with Crippen molar-refractivity contribution >= 4 is 16.8 Å². The minimum atomic E-state index is -4.51. The number of carbonyl (C=O) groups excluding carboxylic acids is 1. The molecule has 8 heteroatoms. The zero-order valence-electron chi connectivity index (χ0n) is 16.9. The lowest BCUT2D eigenvalue weighted by atomic mass is 9.70. The molecule has 1 aromatic heterocycles. The normalized spacial score (nSPS) is 13.5. The molecule has 5 nitrogen and oxygen atoms in total. The van der Waals surface area contributed by atoms with E-state index in [0.717, 1.165) is 12.1 Å². The van der Waals surface area contributed by atoms with Gasteiger partial charge in [0.2, 0.25) is 0 Å². The lowest BCUT2D eigenvalue weighted by molar-refractivity contribution is -0.137. The summed E-state index contributed by atoms with van der Waals surface area (Å²) in [5, 5.41) is 0.588. The molecule has 32 heavy (non-hydrogen) atoms. The van der Waals surface area contributed by atoms with Gasteiger partial charge in [-0.15, -0.1) is 0 Å². The van der Waals surface area contributed by atoms with Crippen LogP contribution in [0.25, 0.3) is 10.9 Å². The van der Waals surface area contributed by atoms with Crippen molar-refractivity contribution in [1.82, 2.24) is 15.4 Å². The summed E-state index contributed by atoms with van der Waals surface area (Å²) in [6.07, 6.45) is -3.18. The van der Waals surface area contributed by atoms with Gasteiger partial charge in [-0.25, -0.2) is 15.4 Å². The molecule has 0 aliphatic heterocycles. The summed E-state index contributed by atoms with van der Waals surface area (Å²) in [5.41, 5.74) is 1.67. The van der Waals surface area contributed by atoms with Crippen LogP contribution < -0.4 is 5.48 Å². The summed E-state index contributed by atoms with van der Waals surface area (Å²) in [6, 6.07) is 20.4. The van der Waals surface area contributed by atoms with Crippen molar-refractivity contribution in [2.45, 2.75) is 11.6 Å². The Hall–Kier alpha value is -3.78. The van der Waals surface area contributed by atoms with Gasteiger partial charge in [-0.05, 0) is 29.3 Å². The van der Waals surface area contributed by atoms with Crippen LogP contribution in [0.1, 0.15) is 22.4 Å². The van der Waals surface area contributed by atoms with Crippen molar-refractivity contribution in [3.05, 3.63) is 108 Å². The molecule has 4 rings (SSSR count). The van der Waals surface area contributed by atoms with Crippen molar-refractivity contribution in [3.8, 4) is 0 Å². The van der Waals surface area contributed by atoms with Crippen LogP contribution in [0.15, 0.2) is 85.2 Å². The van der Waals surface area contributed by atoms with Crippen LogP contribution in [-0.2, 0) is 21.2 Å². The molecule has 0 saturated carbocycles. The zero-order chi connectivity index (χ0) is 22.8. The highest BCUT2D eigenvalue weighted by Crippen LogP contribution is 2.42. The lowest BCUT2D eigenvalue weighted by Gasteiger charge is -2.33. The van der Waals surface area contributed by atoms with Crippen LogP contribution in [0, 0.1) is 0 Å². The van der Waals surface area contributed by atoms with E-state index in [-0.39, 0.29) is 0 Å². The molecule has 1 atom stereocenters. The second-order valence-corrected chi connectivity index (χ2v) is 7.07. The van der Waals surface area contributed by atoms with Crippen molar-refractivity contribution < 1.29 is 22.8 Å². The topological polar surface area (TPSA) is 64.1 Å².